The van der Waals surface area contributed by atoms with Gasteiger partial charge in [-0.2, -0.15) is 0 Å². The number of nitrogens with one attached hydrogen (secondary N) is 1. The van der Waals surface area contributed by atoms with Crippen LogP contribution >= 0.6 is 0 Å². The summed E-state index contributed by atoms with van der Waals surface area (Å²) in [4.78, 5) is 12.6. The van der Waals surface area contributed by atoms with Gasteiger partial charge >= 0.3 is 0 Å². The minimum Gasteiger partial charge on any atom is -0.337 e. The molecule has 0 spiro atoms. The number of aromatic nitrogens is 2. The van der Waals surface area contributed by atoms with Gasteiger partial charge < -0.3 is 4.98 Å². The van der Waals surface area contributed by atoms with Crippen LogP contribution in [-0.4, -0.2) is 24.5 Å². The lowest BCUT2D eigenvalue weighted by Gasteiger charge is -2.06. The van der Waals surface area contributed by atoms with E-state index in [1.807, 2.05) is 24.3 Å². The smallest absolute Gasteiger partial charge is 0.140 e. The van der Waals surface area contributed by atoms with Crippen LogP contribution in [0.1, 0.15) is 17.0 Å². The van der Waals surface area contributed by atoms with E-state index in [-0.39, 0.29) is 0 Å². The lowest BCUT2D eigenvalue weighted by Crippen LogP contribution is -2.02. The number of benzene rings is 4. The predicted octanol–water partition coefficient (Wildman–Crippen LogP) is 5.06. The molecule has 1 heterocycles. The molecule has 2 radical (unpaired) electrons. The summed E-state index contributed by atoms with van der Waals surface area (Å²) >= 11 is 0. The molecule has 0 unspecified atom stereocenters. The van der Waals surface area contributed by atoms with Crippen LogP contribution < -0.4 is 5.46 Å². The van der Waals surface area contributed by atoms with E-state index < -0.39 is 0 Å². The van der Waals surface area contributed by atoms with Crippen LogP contribution in [0.3, 0.4) is 0 Å². The first-order chi connectivity index (χ1) is 14.2. The number of aromatic amines is 1. The second-order valence-electron chi connectivity index (χ2n) is 7.25. The summed E-state index contributed by atoms with van der Waals surface area (Å²) < 4.78 is 0. The van der Waals surface area contributed by atoms with Crippen LogP contribution in [-0.2, 0) is 0 Å². The Kier molecular flexibility index (Phi) is 4.06. The van der Waals surface area contributed by atoms with Crippen molar-refractivity contribution in [1.82, 2.24) is 9.97 Å². The Labute approximate surface area is 170 Å². The number of H-pyrrole nitrogens is 1. The molecule has 0 saturated heterocycles. The zero-order chi connectivity index (χ0) is 20.0. The summed E-state index contributed by atoms with van der Waals surface area (Å²) in [7, 11) is 6.01. The first-order valence-corrected chi connectivity index (χ1v) is 9.49. The van der Waals surface area contributed by atoms with Crippen LogP contribution in [0.4, 0.5) is 0 Å². The summed E-state index contributed by atoms with van der Waals surface area (Å²) in [5.74, 6) is 0.747. The molecule has 0 aliphatic heterocycles. The molecule has 0 aliphatic rings. The van der Waals surface area contributed by atoms with E-state index >= 15 is 0 Å². The number of rotatable bonds is 3. The normalized spacial score (nSPS) is 12.1. The lowest BCUT2D eigenvalue weighted by molar-refractivity contribution is 1.26. The maximum atomic E-state index is 6.01. The quantitative estimate of drug-likeness (QED) is 0.269. The highest BCUT2D eigenvalue weighted by Crippen LogP contribution is 2.35. The molecule has 0 saturated carbocycles. The van der Waals surface area contributed by atoms with Gasteiger partial charge in [0.15, 0.2) is 0 Å². The monoisotopic (exact) mass is 371 g/mol. The zero-order valence-corrected chi connectivity index (χ0v) is 16.1. The van der Waals surface area contributed by atoms with Gasteiger partial charge in [-0.15, -0.1) is 0 Å². The van der Waals surface area contributed by atoms with Gasteiger partial charge in [0.05, 0.1) is 11.0 Å². The van der Waals surface area contributed by atoms with Gasteiger partial charge in [0.1, 0.15) is 13.7 Å². The van der Waals surface area contributed by atoms with Crippen LogP contribution in [0.15, 0.2) is 77.9 Å². The van der Waals surface area contributed by atoms with E-state index in [0.29, 0.717) is 5.46 Å². The number of aryl methyl sites for hydroxylation is 1. The first kappa shape index (κ1) is 17.4. The molecule has 1 aromatic heterocycles. The lowest BCUT2D eigenvalue weighted by atomic mass is 9.92. The number of hydrogen-bond donors (Lipinski definition) is 1. The molecule has 4 aromatic carbocycles. The molecule has 4 heteroatoms. The molecule has 0 amide bonds. The third-order valence-electron chi connectivity index (χ3n) is 5.29. The van der Waals surface area contributed by atoms with Crippen LogP contribution in [0.25, 0.3) is 38.2 Å². The molecule has 29 heavy (non-hydrogen) atoms. The van der Waals surface area contributed by atoms with Crippen molar-refractivity contribution in [3.8, 4) is 0 Å². The van der Waals surface area contributed by atoms with Crippen LogP contribution in [0.5, 0.6) is 0 Å². The molecule has 0 bridgehead atoms. The van der Waals surface area contributed by atoms with Gasteiger partial charge in [0.2, 0.25) is 0 Å². The van der Waals surface area contributed by atoms with Gasteiger partial charge in [-0.1, -0.05) is 71.7 Å². The molecule has 1 N–H and O–H groups in total. The van der Waals surface area contributed by atoms with E-state index in [1.54, 1.807) is 6.20 Å². The van der Waals surface area contributed by atoms with E-state index in [0.717, 1.165) is 38.8 Å². The number of nitrogens with zero attached hydrogens (tertiary/aromatic N) is 2. The van der Waals surface area contributed by atoms with Gasteiger partial charge in [-0.25, -0.2) is 4.98 Å². The minimum absolute atomic E-state index is 0.695. The molecular formula is C25H18BN3. The van der Waals surface area contributed by atoms with Gasteiger partial charge in [-0.3, -0.25) is 4.99 Å². The number of imidazole rings is 1. The van der Waals surface area contributed by atoms with Crippen molar-refractivity contribution in [3.05, 3.63) is 89.9 Å². The number of fused-ring (bicyclic) bond motifs is 6. The predicted molar refractivity (Wildman–Crippen MR) is 124 cm³/mol. The highest BCUT2D eigenvalue weighted by Gasteiger charge is 2.16. The number of aliphatic imine (C=N–C) groups is 1. The van der Waals surface area contributed by atoms with Crippen molar-refractivity contribution >= 4 is 58.2 Å². The largest absolute Gasteiger partial charge is 0.337 e. The zero-order valence-electron chi connectivity index (χ0n) is 16.1. The van der Waals surface area contributed by atoms with Crippen LogP contribution in [0, 0.1) is 6.92 Å². The van der Waals surface area contributed by atoms with Crippen LogP contribution in [0.2, 0.25) is 0 Å². The van der Waals surface area contributed by atoms with E-state index in [1.165, 1.54) is 16.3 Å². The third kappa shape index (κ3) is 2.85. The minimum atomic E-state index is 0.695. The molecule has 5 rings (SSSR count). The molecule has 0 aliphatic carbocycles. The summed E-state index contributed by atoms with van der Waals surface area (Å²) in [6, 6.07) is 22.7. The summed E-state index contributed by atoms with van der Waals surface area (Å²) in [5.41, 5.74) is 5.68. The Morgan fingerprint density at radius 3 is 2.55 bits per heavy atom. The van der Waals surface area contributed by atoms with E-state index in [4.69, 9.17) is 12.8 Å². The van der Waals surface area contributed by atoms with Crippen molar-refractivity contribution in [2.45, 2.75) is 6.92 Å². The highest BCUT2D eigenvalue weighted by molar-refractivity contribution is 6.32. The summed E-state index contributed by atoms with van der Waals surface area (Å²) in [5, 5.41) is 4.70. The molecule has 5 aromatic rings. The molecule has 136 valence electrons. The second kappa shape index (κ2) is 6.75. The van der Waals surface area contributed by atoms with Crippen molar-refractivity contribution in [1.29, 1.82) is 0 Å². The highest BCUT2D eigenvalue weighted by atomic mass is 14.9. The molecule has 0 fully saturated rings. The van der Waals surface area contributed by atoms with Gasteiger partial charge in [0.25, 0.3) is 0 Å². The summed E-state index contributed by atoms with van der Waals surface area (Å²) in [6.45, 7) is 5.74. The average molecular weight is 371 g/mol. The second-order valence-corrected chi connectivity index (χ2v) is 7.25. The van der Waals surface area contributed by atoms with Crippen molar-refractivity contribution in [2.75, 3.05) is 0 Å². The van der Waals surface area contributed by atoms with E-state index in [2.05, 4.69) is 66.1 Å². The number of hydrogen-bond acceptors (Lipinski definition) is 2. The maximum absolute atomic E-state index is 6.01. The molecule has 0 atom stereocenters. The maximum Gasteiger partial charge on any atom is 0.140 e. The Morgan fingerprint density at radius 1 is 0.966 bits per heavy atom. The fourth-order valence-corrected chi connectivity index (χ4v) is 3.99. The van der Waals surface area contributed by atoms with Gasteiger partial charge in [0, 0.05) is 22.5 Å². The van der Waals surface area contributed by atoms with Crippen molar-refractivity contribution in [2.24, 2.45) is 4.99 Å². The Balaban J connectivity index is 1.88. The van der Waals surface area contributed by atoms with E-state index in [9.17, 15) is 0 Å². The van der Waals surface area contributed by atoms with Crippen molar-refractivity contribution in [3.63, 3.8) is 0 Å². The molecule has 3 nitrogen and oxygen atoms in total. The van der Waals surface area contributed by atoms with Gasteiger partial charge in [-0.05, 0) is 36.0 Å². The fourth-order valence-electron chi connectivity index (χ4n) is 3.99. The molecular weight excluding hydrogens is 353 g/mol. The fraction of sp³-hybridized carbons (Fsp3) is 0.0400. The standard InChI is InChI=1S/C25H18BN3/c1-15-10-11-19-18-8-3-4-9-20(18)23-24(21(19)12-15)29-25(28-23)22(14-27-2)16-6-5-7-17(26)13-16/h3-14H,2H2,1H3,(H,28,29)/b22-14+. The third-order valence-corrected chi connectivity index (χ3v) is 5.29. The Bertz CT molecular complexity index is 1440. The summed E-state index contributed by atoms with van der Waals surface area (Å²) in [6.07, 6.45) is 1.72. The average Bonchev–Trinajstić information content (AvgIpc) is 3.17. The Hall–Kier alpha value is -3.66. The SMILES string of the molecule is [B]c1cccc(/C(=C\N=C)c2nc3c4cc(C)ccc4c4ccccc4c3[nH]2)c1. The van der Waals surface area contributed by atoms with Crippen molar-refractivity contribution < 1.29 is 0 Å². The Morgan fingerprint density at radius 2 is 1.76 bits per heavy atom. The first-order valence-electron chi connectivity index (χ1n) is 9.49. The topological polar surface area (TPSA) is 41.0 Å².